The van der Waals surface area contributed by atoms with E-state index in [1.54, 1.807) is 11.9 Å². The van der Waals surface area contributed by atoms with Crippen LogP contribution in [0, 0.1) is 0 Å². The number of hydrogen-bond acceptors (Lipinski definition) is 12. The van der Waals surface area contributed by atoms with Crippen LogP contribution in [0.25, 0.3) is 0 Å². The zero-order valence-corrected chi connectivity index (χ0v) is 23.3. The lowest BCUT2D eigenvalue weighted by Gasteiger charge is -2.34. The van der Waals surface area contributed by atoms with Gasteiger partial charge in [0.25, 0.3) is 0 Å². The summed E-state index contributed by atoms with van der Waals surface area (Å²) in [6, 6.07) is 0.780. The fraction of sp³-hybridized carbons (Fsp3) is 1.00. The van der Waals surface area contributed by atoms with Gasteiger partial charge >= 0.3 is 0 Å². The number of hydrogen-bond donors (Lipinski definition) is 7. The molecule has 0 amide bonds. The molecule has 4 rings (SSSR count). The Morgan fingerprint density at radius 3 is 2.16 bits per heavy atom. The molecule has 12 N–H and O–H groups in total. The molecule has 1 saturated carbocycles. The Morgan fingerprint density at radius 1 is 0.838 bits per heavy atom. The van der Waals surface area contributed by atoms with Crippen molar-refractivity contribution in [2.45, 2.75) is 113 Å². The molecule has 0 aromatic rings. The molecular formula is C25H54N6O5S. The van der Waals surface area contributed by atoms with Gasteiger partial charge in [0.05, 0.1) is 37.6 Å². The van der Waals surface area contributed by atoms with Gasteiger partial charge in [0.1, 0.15) is 0 Å². The van der Waals surface area contributed by atoms with Crippen LogP contribution in [-0.2, 0) is 18.9 Å². The summed E-state index contributed by atoms with van der Waals surface area (Å²) in [5.41, 5.74) is 27.9. The van der Waals surface area contributed by atoms with Crippen molar-refractivity contribution in [1.29, 1.82) is 0 Å². The second kappa shape index (κ2) is 19.9. The molecule has 1 aliphatic carbocycles. The topological polar surface area (TPSA) is 199 Å². The molecule has 4 fully saturated rings. The summed E-state index contributed by atoms with van der Waals surface area (Å²) < 4.78 is 25.6. The molecule has 0 aromatic heterocycles. The molecule has 0 spiro atoms. The summed E-state index contributed by atoms with van der Waals surface area (Å²) in [6.45, 7) is 3.68. The van der Waals surface area contributed by atoms with Gasteiger partial charge in [-0.05, 0) is 57.8 Å². The number of nitrogens with two attached hydrogens (primary N) is 5. The van der Waals surface area contributed by atoms with Crippen molar-refractivity contribution in [1.82, 2.24) is 4.72 Å². The zero-order valence-electron chi connectivity index (χ0n) is 22.5. The Balaban J connectivity index is 0.000000232. The van der Waals surface area contributed by atoms with E-state index in [1.807, 2.05) is 0 Å². The van der Waals surface area contributed by atoms with E-state index < -0.39 is 0 Å². The fourth-order valence-electron chi connectivity index (χ4n) is 4.88. The first kappa shape index (κ1) is 33.1. The SMILES string of the molecule is NCC1CCCCO1.NCCSNC1CC(N)CC(OC2CCC(CO)O2)C1.NC[C@H]1CC[C@@H](N)CO1. The van der Waals surface area contributed by atoms with E-state index in [2.05, 4.69) is 4.72 Å². The van der Waals surface area contributed by atoms with E-state index in [9.17, 15) is 0 Å². The lowest BCUT2D eigenvalue weighted by Crippen LogP contribution is -2.44. The maximum atomic E-state index is 9.07. The minimum Gasteiger partial charge on any atom is -0.394 e. The predicted octanol–water partition coefficient (Wildman–Crippen LogP) is -0.0891. The Bertz CT molecular complexity index is 558. The Hall–Kier alpha value is -0.0900. The van der Waals surface area contributed by atoms with E-state index in [0.29, 0.717) is 38.4 Å². The monoisotopic (exact) mass is 550 g/mol. The smallest absolute Gasteiger partial charge is 0.158 e. The molecular weight excluding hydrogens is 496 g/mol. The maximum absolute atomic E-state index is 9.07. The third kappa shape index (κ3) is 14.2. The van der Waals surface area contributed by atoms with Crippen molar-refractivity contribution in [2.75, 3.05) is 45.2 Å². The Kier molecular flexibility index (Phi) is 17.8. The normalized spacial score (nSPS) is 36.2. The lowest BCUT2D eigenvalue weighted by molar-refractivity contribution is -0.174. The average molecular weight is 551 g/mol. The summed E-state index contributed by atoms with van der Waals surface area (Å²) in [6.07, 6.45) is 10.8. The zero-order chi connectivity index (χ0) is 26.9. The van der Waals surface area contributed by atoms with E-state index in [4.69, 9.17) is 52.7 Å². The molecule has 0 bridgehead atoms. The molecule has 6 unspecified atom stereocenters. The standard InChI is InChI=1S/C13H27N3O3S.C6H14N2O.C6H13NO/c14-3-4-20-16-10-5-9(15)6-12(7-10)19-13-2-1-11(8-17)18-13;7-3-6-2-1-5(8)4-9-6;7-5-6-3-1-2-4-8-6/h9-13,16-17H,1-8,14-15H2;5-6H,1-4,7-8H2;6H,1-5,7H2/t;5-,6-;/m.1./s1. The average Bonchev–Trinajstić information content (AvgIpc) is 3.38. The number of ether oxygens (including phenoxy) is 4. The van der Waals surface area contributed by atoms with Crippen LogP contribution in [0.4, 0.5) is 0 Å². The number of aliphatic hydroxyl groups excluding tert-OH is 1. The third-order valence-electron chi connectivity index (χ3n) is 6.99. The predicted molar refractivity (Wildman–Crippen MR) is 149 cm³/mol. The van der Waals surface area contributed by atoms with E-state index >= 15 is 0 Å². The molecule has 3 aliphatic heterocycles. The first-order valence-corrected chi connectivity index (χ1v) is 15.1. The Morgan fingerprint density at radius 2 is 1.59 bits per heavy atom. The maximum Gasteiger partial charge on any atom is 0.158 e. The van der Waals surface area contributed by atoms with Gasteiger partial charge in [-0.25, -0.2) is 0 Å². The van der Waals surface area contributed by atoms with Crippen molar-refractivity contribution in [3.8, 4) is 0 Å². The molecule has 0 radical (unpaired) electrons. The van der Waals surface area contributed by atoms with Crippen molar-refractivity contribution in [3.63, 3.8) is 0 Å². The van der Waals surface area contributed by atoms with Gasteiger partial charge in [-0.15, -0.1) is 0 Å². The summed E-state index contributed by atoms with van der Waals surface area (Å²) in [5.74, 6) is 0.904. The van der Waals surface area contributed by atoms with Crippen LogP contribution < -0.4 is 33.4 Å². The van der Waals surface area contributed by atoms with Gasteiger partial charge in [0.2, 0.25) is 0 Å². The minimum atomic E-state index is -0.181. The largest absolute Gasteiger partial charge is 0.394 e. The summed E-state index contributed by atoms with van der Waals surface area (Å²) in [4.78, 5) is 0. The van der Waals surface area contributed by atoms with Gasteiger partial charge in [-0.3, -0.25) is 4.72 Å². The lowest BCUT2D eigenvalue weighted by atomic mass is 9.90. The Labute approximate surface area is 227 Å². The molecule has 4 aliphatic rings. The van der Waals surface area contributed by atoms with Crippen molar-refractivity contribution in [2.24, 2.45) is 28.7 Å². The molecule has 0 aromatic carbocycles. The molecule has 8 atom stereocenters. The molecule has 11 nitrogen and oxygen atoms in total. The van der Waals surface area contributed by atoms with E-state index in [1.165, 1.54) is 12.8 Å². The molecule has 12 heteroatoms. The second-order valence-corrected chi connectivity index (χ2v) is 11.3. The fourth-order valence-corrected chi connectivity index (χ4v) is 5.54. The van der Waals surface area contributed by atoms with Crippen LogP contribution in [0.2, 0.25) is 0 Å². The quantitative estimate of drug-likeness (QED) is 0.149. The van der Waals surface area contributed by atoms with Crippen molar-refractivity contribution >= 4 is 11.9 Å². The van der Waals surface area contributed by atoms with Crippen LogP contribution in [0.1, 0.15) is 64.2 Å². The number of aliphatic hydroxyl groups is 1. The minimum absolute atomic E-state index is 0.0636. The van der Waals surface area contributed by atoms with Gasteiger partial charge < -0.3 is 52.7 Å². The second-order valence-electron chi connectivity index (χ2n) is 10.4. The third-order valence-corrected chi connectivity index (χ3v) is 7.93. The van der Waals surface area contributed by atoms with Gasteiger partial charge in [0, 0.05) is 56.5 Å². The van der Waals surface area contributed by atoms with Crippen molar-refractivity contribution < 1.29 is 24.1 Å². The molecule has 37 heavy (non-hydrogen) atoms. The van der Waals surface area contributed by atoms with Gasteiger partial charge in [0.15, 0.2) is 6.29 Å². The number of nitrogens with one attached hydrogen (secondary N) is 1. The van der Waals surface area contributed by atoms with Crippen LogP contribution in [0.3, 0.4) is 0 Å². The molecule has 3 saturated heterocycles. The summed E-state index contributed by atoms with van der Waals surface area (Å²) >= 11 is 1.66. The van der Waals surface area contributed by atoms with E-state index in [0.717, 1.165) is 63.7 Å². The first-order chi connectivity index (χ1) is 18.0. The highest BCUT2D eigenvalue weighted by atomic mass is 32.2. The van der Waals surface area contributed by atoms with E-state index in [-0.39, 0.29) is 43.3 Å². The first-order valence-electron chi connectivity index (χ1n) is 14.1. The van der Waals surface area contributed by atoms with Gasteiger partial charge in [-0.1, -0.05) is 11.9 Å². The van der Waals surface area contributed by atoms with Gasteiger partial charge in [-0.2, -0.15) is 0 Å². The molecule has 220 valence electrons. The highest BCUT2D eigenvalue weighted by Gasteiger charge is 2.32. The highest BCUT2D eigenvalue weighted by molar-refractivity contribution is 7.97. The van der Waals surface area contributed by atoms with Crippen LogP contribution in [0.5, 0.6) is 0 Å². The number of rotatable bonds is 9. The molecule has 3 heterocycles. The van der Waals surface area contributed by atoms with Crippen molar-refractivity contribution in [3.05, 3.63) is 0 Å². The summed E-state index contributed by atoms with van der Waals surface area (Å²) in [7, 11) is 0. The van der Waals surface area contributed by atoms with Crippen LogP contribution in [0.15, 0.2) is 0 Å². The highest BCUT2D eigenvalue weighted by Crippen LogP contribution is 2.27. The van der Waals surface area contributed by atoms with Crippen LogP contribution >= 0.6 is 11.9 Å². The summed E-state index contributed by atoms with van der Waals surface area (Å²) in [5, 5.41) is 9.07. The van der Waals surface area contributed by atoms with Crippen LogP contribution in [-0.4, -0.2) is 99.1 Å².